The van der Waals surface area contributed by atoms with E-state index in [2.05, 4.69) is 12.2 Å². The van der Waals surface area contributed by atoms with Crippen LogP contribution in [0.2, 0.25) is 0 Å². The standard InChI is InChI=1S/C12H24N2O/c1-9-7-5-4-6-8-10(9)14-11(15)12(2,3)13/h9-10H,4-8,13H2,1-3H3,(H,14,15). The summed E-state index contributed by atoms with van der Waals surface area (Å²) < 4.78 is 0. The molecular formula is C12H24N2O. The molecule has 88 valence electrons. The Bertz CT molecular complexity index is 220. The molecule has 0 spiro atoms. The van der Waals surface area contributed by atoms with E-state index in [0.29, 0.717) is 12.0 Å². The lowest BCUT2D eigenvalue weighted by Crippen LogP contribution is -2.53. The zero-order valence-electron chi connectivity index (χ0n) is 10.2. The van der Waals surface area contributed by atoms with Gasteiger partial charge in [-0.15, -0.1) is 0 Å². The summed E-state index contributed by atoms with van der Waals surface area (Å²) in [5, 5.41) is 3.08. The molecule has 0 heterocycles. The van der Waals surface area contributed by atoms with E-state index in [1.165, 1.54) is 25.7 Å². The van der Waals surface area contributed by atoms with Crippen LogP contribution in [0.5, 0.6) is 0 Å². The van der Waals surface area contributed by atoms with Gasteiger partial charge in [0, 0.05) is 6.04 Å². The first-order valence-electron chi connectivity index (χ1n) is 6.01. The van der Waals surface area contributed by atoms with Crippen molar-refractivity contribution in [3.63, 3.8) is 0 Å². The maximum atomic E-state index is 11.8. The molecule has 1 saturated carbocycles. The van der Waals surface area contributed by atoms with E-state index in [4.69, 9.17) is 5.73 Å². The van der Waals surface area contributed by atoms with Crippen molar-refractivity contribution in [3.05, 3.63) is 0 Å². The first kappa shape index (κ1) is 12.5. The van der Waals surface area contributed by atoms with Gasteiger partial charge >= 0.3 is 0 Å². The summed E-state index contributed by atoms with van der Waals surface area (Å²) in [5.74, 6) is 0.556. The third-order valence-corrected chi connectivity index (χ3v) is 3.26. The lowest BCUT2D eigenvalue weighted by Gasteiger charge is -2.27. The molecule has 3 nitrogen and oxygen atoms in total. The monoisotopic (exact) mass is 212 g/mol. The minimum absolute atomic E-state index is 0.0266. The van der Waals surface area contributed by atoms with E-state index in [0.717, 1.165) is 6.42 Å². The molecule has 1 rings (SSSR count). The molecule has 1 aliphatic rings. The maximum absolute atomic E-state index is 11.8. The Labute approximate surface area is 92.8 Å². The second kappa shape index (κ2) is 4.97. The molecule has 0 bridgehead atoms. The largest absolute Gasteiger partial charge is 0.352 e. The summed E-state index contributed by atoms with van der Waals surface area (Å²) in [6.07, 6.45) is 6.13. The second-order valence-corrected chi connectivity index (χ2v) is 5.42. The van der Waals surface area contributed by atoms with Crippen molar-refractivity contribution in [1.82, 2.24) is 5.32 Å². The van der Waals surface area contributed by atoms with Crippen molar-refractivity contribution in [2.45, 2.75) is 64.5 Å². The molecule has 3 N–H and O–H groups in total. The van der Waals surface area contributed by atoms with Gasteiger partial charge in [0.15, 0.2) is 0 Å². The highest BCUT2D eigenvalue weighted by Gasteiger charge is 2.27. The molecule has 0 aromatic rings. The third kappa shape index (κ3) is 3.82. The average molecular weight is 212 g/mol. The number of nitrogens with two attached hydrogens (primary N) is 1. The van der Waals surface area contributed by atoms with Crippen molar-refractivity contribution in [1.29, 1.82) is 0 Å². The maximum Gasteiger partial charge on any atom is 0.239 e. The first-order valence-corrected chi connectivity index (χ1v) is 6.01. The lowest BCUT2D eigenvalue weighted by atomic mass is 9.95. The second-order valence-electron chi connectivity index (χ2n) is 5.42. The Hall–Kier alpha value is -0.570. The van der Waals surface area contributed by atoms with Crippen LogP contribution in [0.4, 0.5) is 0 Å². The summed E-state index contributed by atoms with van der Waals surface area (Å²) in [6.45, 7) is 5.73. The van der Waals surface area contributed by atoms with Crippen LogP contribution >= 0.6 is 0 Å². The van der Waals surface area contributed by atoms with Gasteiger partial charge < -0.3 is 11.1 Å². The number of rotatable bonds is 2. The third-order valence-electron chi connectivity index (χ3n) is 3.26. The predicted octanol–water partition coefficient (Wildman–Crippen LogP) is 1.81. The molecule has 0 radical (unpaired) electrons. The van der Waals surface area contributed by atoms with Crippen molar-refractivity contribution in [2.24, 2.45) is 11.7 Å². The smallest absolute Gasteiger partial charge is 0.239 e. The Kier molecular flexibility index (Phi) is 4.14. The molecule has 2 unspecified atom stereocenters. The fourth-order valence-electron chi connectivity index (χ4n) is 2.06. The number of carbonyl (C=O) groups is 1. The zero-order chi connectivity index (χ0) is 11.5. The molecule has 1 amide bonds. The Morgan fingerprint density at radius 1 is 1.27 bits per heavy atom. The fraction of sp³-hybridized carbons (Fsp3) is 0.917. The average Bonchev–Trinajstić information content (AvgIpc) is 2.30. The van der Waals surface area contributed by atoms with Crippen molar-refractivity contribution < 1.29 is 4.79 Å². The van der Waals surface area contributed by atoms with Gasteiger partial charge in [0.2, 0.25) is 5.91 Å². The van der Waals surface area contributed by atoms with E-state index in [9.17, 15) is 4.79 Å². The van der Waals surface area contributed by atoms with Crippen LogP contribution in [0.1, 0.15) is 52.9 Å². The first-order chi connectivity index (χ1) is 6.91. The van der Waals surface area contributed by atoms with Gasteiger partial charge in [0.05, 0.1) is 5.54 Å². The lowest BCUT2D eigenvalue weighted by molar-refractivity contribution is -0.126. The topological polar surface area (TPSA) is 55.1 Å². The van der Waals surface area contributed by atoms with Gasteiger partial charge in [0.25, 0.3) is 0 Å². The highest BCUT2D eigenvalue weighted by molar-refractivity contribution is 5.85. The quantitative estimate of drug-likeness (QED) is 0.686. The predicted molar refractivity (Wildman–Crippen MR) is 62.4 cm³/mol. The molecular weight excluding hydrogens is 188 g/mol. The van der Waals surface area contributed by atoms with Crippen LogP contribution in [-0.4, -0.2) is 17.5 Å². The molecule has 1 fully saturated rings. The van der Waals surface area contributed by atoms with Crippen LogP contribution in [0.15, 0.2) is 0 Å². The van der Waals surface area contributed by atoms with Crippen LogP contribution < -0.4 is 11.1 Å². The van der Waals surface area contributed by atoms with Gasteiger partial charge in [-0.2, -0.15) is 0 Å². The number of hydrogen-bond donors (Lipinski definition) is 2. The zero-order valence-corrected chi connectivity index (χ0v) is 10.2. The molecule has 0 aromatic heterocycles. The van der Waals surface area contributed by atoms with Gasteiger partial charge in [-0.3, -0.25) is 4.79 Å². The molecule has 15 heavy (non-hydrogen) atoms. The Morgan fingerprint density at radius 2 is 1.87 bits per heavy atom. The summed E-state index contributed by atoms with van der Waals surface area (Å²) in [5.41, 5.74) is 5.01. The van der Waals surface area contributed by atoms with Crippen LogP contribution in [0.3, 0.4) is 0 Å². The minimum Gasteiger partial charge on any atom is -0.352 e. The van der Waals surface area contributed by atoms with Crippen molar-refractivity contribution in [3.8, 4) is 0 Å². The molecule has 3 heteroatoms. The number of amides is 1. The van der Waals surface area contributed by atoms with Crippen LogP contribution in [0, 0.1) is 5.92 Å². The SMILES string of the molecule is CC1CCCCCC1NC(=O)C(C)(C)N. The molecule has 0 saturated heterocycles. The number of hydrogen-bond acceptors (Lipinski definition) is 2. The Balaban J connectivity index is 2.52. The Morgan fingerprint density at radius 3 is 2.47 bits per heavy atom. The van der Waals surface area contributed by atoms with Gasteiger partial charge in [0.1, 0.15) is 0 Å². The minimum atomic E-state index is -0.758. The summed E-state index contributed by atoms with van der Waals surface area (Å²) in [7, 11) is 0. The molecule has 0 aromatic carbocycles. The summed E-state index contributed by atoms with van der Waals surface area (Å²) in [6, 6.07) is 0.322. The summed E-state index contributed by atoms with van der Waals surface area (Å²) >= 11 is 0. The normalized spacial score (nSPS) is 28.3. The molecule has 0 aliphatic heterocycles. The van der Waals surface area contributed by atoms with Gasteiger partial charge in [-0.05, 0) is 32.6 Å². The van der Waals surface area contributed by atoms with Gasteiger partial charge in [-0.25, -0.2) is 0 Å². The van der Waals surface area contributed by atoms with Crippen molar-refractivity contribution >= 4 is 5.91 Å². The van der Waals surface area contributed by atoms with Crippen LogP contribution in [-0.2, 0) is 4.79 Å². The highest BCUT2D eigenvalue weighted by atomic mass is 16.2. The van der Waals surface area contributed by atoms with Crippen molar-refractivity contribution in [2.75, 3.05) is 0 Å². The van der Waals surface area contributed by atoms with E-state index >= 15 is 0 Å². The van der Waals surface area contributed by atoms with Gasteiger partial charge in [-0.1, -0.05) is 26.2 Å². The highest BCUT2D eigenvalue weighted by Crippen LogP contribution is 2.23. The molecule has 1 aliphatic carbocycles. The number of nitrogens with one attached hydrogen (secondary N) is 1. The van der Waals surface area contributed by atoms with E-state index in [-0.39, 0.29) is 5.91 Å². The van der Waals surface area contributed by atoms with Crippen LogP contribution in [0.25, 0.3) is 0 Å². The summed E-state index contributed by atoms with van der Waals surface area (Å²) in [4.78, 5) is 11.8. The van der Waals surface area contributed by atoms with E-state index < -0.39 is 5.54 Å². The molecule has 2 atom stereocenters. The fourth-order valence-corrected chi connectivity index (χ4v) is 2.06. The number of carbonyl (C=O) groups excluding carboxylic acids is 1. The van der Waals surface area contributed by atoms with E-state index in [1.54, 1.807) is 13.8 Å². The van der Waals surface area contributed by atoms with E-state index in [1.807, 2.05) is 0 Å².